The summed E-state index contributed by atoms with van der Waals surface area (Å²) in [6, 6.07) is 1.90. The number of amides is 3. The first-order chi connectivity index (χ1) is 33.0. The van der Waals surface area contributed by atoms with Crippen LogP contribution in [0, 0.1) is 0 Å². The lowest BCUT2D eigenvalue weighted by Gasteiger charge is -2.38. The summed E-state index contributed by atoms with van der Waals surface area (Å²) in [6.45, 7) is 46.0. The molecule has 0 aliphatic carbocycles. The summed E-state index contributed by atoms with van der Waals surface area (Å²) in [6.07, 6.45) is 3.99. The molecule has 0 radical (unpaired) electrons. The number of ether oxygens (including phenoxy) is 3. The summed E-state index contributed by atoms with van der Waals surface area (Å²) in [7, 11) is -2.92. The van der Waals surface area contributed by atoms with Gasteiger partial charge in [-0.25, -0.2) is 39.1 Å². The van der Waals surface area contributed by atoms with Crippen molar-refractivity contribution >= 4 is 47.8 Å². The number of cyclic esters (lactones) is 1. The number of sulfone groups is 1. The largest absolute Gasteiger partial charge is 0.448 e. The number of rotatable bonds is 8. The van der Waals surface area contributed by atoms with Gasteiger partial charge in [0, 0.05) is 100 Å². The molecule has 438 valence electrons. The van der Waals surface area contributed by atoms with Crippen LogP contribution in [-0.2, 0) is 53.7 Å². The number of carbonyl (C=O) groups is 3. The van der Waals surface area contributed by atoms with Gasteiger partial charge in [-0.2, -0.15) is 0 Å². The van der Waals surface area contributed by atoms with Gasteiger partial charge in [0.05, 0.1) is 50.4 Å². The van der Waals surface area contributed by atoms with Crippen molar-refractivity contribution in [3.63, 3.8) is 0 Å². The van der Waals surface area contributed by atoms with E-state index in [9.17, 15) is 39.6 Å². The molecule has 0 aromatic carbocycles. The van der Waals surface area contributed by atoms with Crippen LogP contribution in [0.2, 0.25) is 0 Å². The van der Waals surface area contributed by atoms with E-state index in [-0.39, 0.29) is 42.3 Å². The Morgan fingerprint density at radius 2 is 1.05 bits per heavy atom. The van der Waals surface area contributed by atoms with Crippen molar-refractivity contribution in [2.45, 2.75) is 185 Å². The SMILES string of the molecule is CC(C)(C)N1CCOCC1.CC(C)(C)N1CCOCC1=O.CC(C)N(C)C.CC(C)N(C)S(C)(=O)=O.CC(C)N1CCCC1=O.CC(C)N1CCOC1=O.CC(C)N1CCS(=O)(=O)CC1.CC(C)NS(C)(=O)=O. The minimum atomic E-state index is -2.97. The van der Waals surface area contributed by atoms with E-state index >= 15 is 0 Å². The smallest absolute Gasteiger partial charge is 0.410 e. The molecule has 0 unspecified atom stereocenters. The van der Waals surface area contributed by atoms with Gasteiger partial charge in [-0.15, -0.1) is 0 Å². The summed E-state index contributed by atoms with van der Waals surface area (Å²) in [5, 5.41) is 0. The van der Waals surface area contributed by atoms with Gasteiger partial charge in [0.15, 0.2) is 9.84 Å². The normalized spacial score (nSPS) is 18.8. The molecule has 0 aromatic heterocycles. The molecule has 5 aliphatic rings. The first-order valence-corrected chi connectivity index (χ1v) is 31.5. The number of morpholine rings is 2. The van der Waals surface area contributed by atoms with Gasteiger partial charge in [-0.1, -0.05) is 0 Å². The van der Waals surface area contributed by atoms with Gasteiger partial charge in [0.1, 0.15) is 13.2 Å². The molecule has 1 N–H and O–H groups in total. The highest BCUT2D eigenvalue weighted by atomic mass is 32.2. The van der Waals surface area contributed by atoms with Crippen molar-refractivity contribution in [1.29, 1.82) is 0 Å². The third kappa shape index (κ3) is 38.1. The summed E-state index contributed by atoms with van der Waals surface area (Å²) >= 11 is 0. The molecule has 20 nitrogen and oxygen atoms in total. The molecule has 0 atom stereocenters. The molecule has 0 saturated carbocycles. The van der Waals surface area contributed by atoms with E-state index in [1.807, 2.05) is 58.3 Å². The lowest BCUT2D eigenvalue weighted by molar-refractivity contribution is -0.148. The molecule has 23 heteroatoms. The van der Waals surface area contributed by atoms with Crippen molar-refractivity contribution < 1.29 is 53.8 Å². The molecule has 0 spiro atoms. The molecular formula is C50H108N8O12S3. The van der Waals surface area contributed by atoms with Crippen LogP contribution in [0.25, 0.3) is 0 Å². The number of likely N-dealkylation sites (tertiary alicyclic amines) is 1. The quantitative estimate of drug-likeness (QED) is 0.341. The summed E-state index contributed by atoms with van der Waals surface area (Å²) in [4.78, 5) is 45.2. The Bertz CT molecular complexity index is 1810. The molecule has 5 rings (SSSR count). The van der Waals surface area contributed by atoms with Crippen LogP contribution in [0.5, 0.6) is 0 Å². The average Bonchev–Trinajstić information content (AvgIpc) is 3.88. The fourth-order valence-electron chi connectivity index (χ4n) is 6.61. The standard InChI is InChI=1S/C8H15NO2.C8H17NO.C7H15NO2S.C7H13NO.C6H11NO2.C5H13NO2S.C5H13N.C4H11NO2S/c1-8(2,3)9-4-5-11-6-7(9)10;1-8(2,3)9-4-6-10-7-5-9;1-7(2)8-3-5-11(9,10)6-4-8;1-6(2)8-5-3-4-7(8)9;1-5(2)7-3-4-9-6(7)8;1-5(2)6(3)9(4,7)8;1-5(2)6(3)4;1-4(2)5-8(3,6)7/h4-6H2,1-3H3;4-7H2,1-3H3;7H,3-6H2,1-2H3;6H,3-5H2,1-2H3;5H,3-4H2,1-2H3;5H,1-4H3;5H,1-4H3;4-5H,1-3H3. The van der Waals surface area contributed by atoms with Crippen molar-refractivity contribution in [1.82, 2.24) is 38.4 Å². The van der Waals surface area contributed by atoms with Gasteiger partial charge in [-0.3, -0.25) is 19.4 Å². The molecule has 73 heavy (non-hydrogen) atoms. The number of nitrogens with one attached hydrogen (secondary N) is 1. The Labute approximate surface area is 446 Å². The van der Waals surface area contributed by atoms with E-state index in [1.165, 1.54) is 10.6 Å². The topological polar surface area (TPSA) is 216 Å². The second kappa shape index (κ2) is 36.0. The summed E-state index contributed by atoms with van der Waals surface area (Å²) in [5.74, 6) is 1.10. The van der Waals surface area contributed by atoms with Crippen molar-refractivity contribution in [3.05, 3.63) is 0 Å². The Hall–Kier alpha value is -2.22. The zero-order valence-electron chi connectivity index (χ0n) is 50.0. The third-order valence-electron chi connectivity index (χ3n) is 11.7. The number of sulfonamides is 2. The molecule has 0 bridgehead atoms. The Morgan fingerprint density at radius 1 is 0.589 bits per heavy atom. The molecule has 5 aliphatic heterocycles. The maximum absolute atomic E-state index is 11.2. The highest BCUT2D eigenvalue weighted by Gasteiger charge is 2.29. The lowest BCUT2D eigenvalue weighted by atomic mass is 10.1. The Balaban J connectivity index is -0.000000771. The molecule has 5 fully saturated rings. The van der Waals surface area contributed by atoms with Gasteiger partial charge >= 0.3 is 6.09 Å². The summed E-state index contributed by atoms with van der Waals surface area (Å²) in [5.41, 5.74) is 0.268. The lowest BCUT2D eigenvalue weighted by Crippen LogP contribution is -2.51. The van der Waals surface area contributed by atoms with Gasteiger partial charge in [-0.05, 0) is 145 Å². The van der Waals surface area contributed by atoms with Crippen molar-refractivity contribution in [3.8, 4) is 0 Å². The molecule has 3 amide bonds. The van der Waals surface area contributed by atoms with E-state index in [0.29, 0.717) is 67.4 Å². The second-order valence-electron chi connectivity index (χ2n) is 22.5. The molecular weight excluding hydrogens is 1000 g/mol. The van der Waals surface area contributed by atoms with Crippen molar-refractivity contribution in [2.24, 2.45) is 0 Å². The Kier molecular flexibility index (Phi) is 37.0. The van der Waals surface area contributed by atoms with E-state index in [0.717, 1.165) is 65.0 Å². The van der Waals surface area contributed by atoms with Gasteiger partial charge < -0.3 is 33.8 Å². The number of carbonyl (C=O) groups excluding carboxylic acids is 3. The van der Waals surface area contributed by atoms with Crippen LogP contribution >= 0.6 is 0 Å². The minimum absolute atomic E-state index is 0.00463. The second-order valence-corrected chi connectivity index (χ2v) is 28.6. The molecule has 5 heterocycles. The van der Waals surface area contributed by atoms with Crippen LogP contribution in [-0.4, -0.2) is 248 Å². The Morgan fingerprint density at radius 3 is 1.26 bits per heavy atom. The van der Waals surface area contributed by atoms with Gasteiger partial charge in [0.25, 0.3) is 0 Å². The predicted molar refractivity (Wildman–Crippen MR) is 299 cm³/mol. The summed E-state index contributed by atoms with van der Waals surface area (Å²) < 4.78 is 82.7. The van der Waals surface area contributed by atoms with E-state index in [1.54, 1.807) is 25.8 Å². The van der Waals surface area contributed by atoms with Crippen LogP contribution in [0.15, 0.2) is 0 Å². The van der Waals surface area contributed by atoms with Crippen LogP contribution in [0.3, 0.4) is 0 Å². The van der Waals surface area contributed by atoms with Gasteiger partial charge in [0.2, 0.25) is 31.9 Å². The first-order valence-electron chi connectivity index (χ1n) is 25.9. The third-order valence-corrected chi connectivity index (χ3v) is 15.7. The van der Waals surface area contributed by atoms with E-state index < -0.39 is 29.9 Å². The zero-order chi connectivity index (χ0) is 57.9. The monoisotopic (exact) mass is 1110 g/mol. The predicted octanol–water partition coefficient (Wildman–Crippen LogP) is 4.94. The fourth-order valence-corrected chi connectivity index (χ4v) is 9.46. The highest BCUT2D eigenvalue weighted by Crippen LogP contribution is 2.16. The number of hydrogen-bond acceptors (Lipinski definition) is 15. The zero-order valence-corrected chi connectivity index (χ0v) is 52.5. The van der Waals surface area contributed by atoms with Crippen molar-refractivity contribution in [2.75, 3.05) is 124 Å². The maximum Gasteiger partial charge on any atom is 0.410 e. The fraction of sp³-hybridized carbons (Fsp3) is 0.940. The van der Waals surface area contributed by atoms with E-state index in [2.05, 4.69) is 95.8 Å². The van der Waals surface area contributed by atoms with Crippen LogP contribution in [0.1, 0.15) is 137 Å². The molecule has 0 aromatic rings. The average molecular weight is 1110 g/mol. The number of nitrogens with zero attached hydrogens (tertiary/aromatic N) is 7. The van der Waals surface area contributed by atoms with E-state index in [4.69, 9.17) is 14.2 Å². The minimum Gasteiger partial charge on any atom is -0.448 e. The number of hydrogen-bond donors (Lipinski definition) is 1. The first kappa shape index (κ1) is 75.0. The van der Waals surface area contributed by atoms with Crippen LogP contribution < -0.4 is 4.72 Å². The maximum atomic E-state index is 11.2. The van der Waals surface area contributed by atoms with Crippen LogP contribution in [0.4, 0.5) is 4.79 Å². The highest BCUT2D eigenvalue weighted by molar-refractivity contribution is 7.91. The molecule has 5 saturated heterocycles.